The van der Waals surface area contributed by atoms with E-state index in [4.69, 9.17) is 4.74 Å². The molecule has 1 aromatic carbocycles. The van der Waals surface area contributed by atoms with Crippen LogP contribution < -0.4 is 10.1 Å². The van der Waals surface area contributed by atoms with Crippen molar-refractivity contribution in [3.05, 3.63) is 23.8 Å². The molecule has 0 aliphatic heterocycles. The molecule has 0 heterocycles. The minimum absolute atomic E-state index is 0.0271. The maximum absolute atomic E-state index is 12.8. The van der Waals surface area contributed by atoms with E-state index in [9.17, 15) is 13.2 Å². The molecule has 1 amide bonds. The molecule has 0 bridgehead atoms. The summed E-state index contributed by atoms with van der Waals surface area (Å²) in [6.45, 7) is 0. The van der Waals surface area contributed by atoms with Gasteiger partial charge in [0.05, 0.1) is 17.6 Å². The molecule has 7 heteroatoms. The van der Waals surface area contributed by atoms with E-state index in [0.717, 1.165) is 32.1 Å². The maximum Gasteiger partial charge on any atom is 0.254 e. The Morgan fingerprint density at radius 3 is 2.48 bits per heavy atom. The Balaban J connectivity index is 2.37. The molecule has 1 saturated carbocycles. The van der Waals surface area contributed by atoms with Crippen LogP contribution in [0, 0.1) is 0 Å². The minimum Gasteiger partial charge on any atom is -0.496 e. The highest BCUT2D eigenvalue weighted by molar-refractivity contribution is 7.89. The first-order valence-electron chi connectivity index (χ1n) is 7.80. The van der Waals surface area contributed by atoms with Gasteiger partial charge < -0.3 is 10.1 Å². The first kappa shape index (κ1) is 17.7. The highest BCUT2D eigenvalue weighted by atomic mass is 32.2. The number of amides is 1. The third-order valence-corrected chi connectivity index (χ3v) is 6.31. The van der Waals surface area contributed by atoms with Crippen molar-refractivity contribution in [1.82, 2.24) is 9.62 Å². The Kier molecular flexibility index (Phi) is 5.64. The summed E-state index contributed by atoms with van der Waals surface area (Å²) >= 11 is 0. The van der Waals surface area contributed by atoms with Crippen molar-refractivity contribution in [3.63, 3.8) is 0 Å². The molecule has 1 N–H and O–H groups in total. The predicted molar refractivity (Wildman–Crippen MR) is 88.2 cm³/mol. The van der Waals surface area contributed by atoms with Crippen molar-refractivity contribution in [1.29, 1.82) is 0 Å². The summed E-state index contributed by atoms with van der Waals surface area (Å²) in [7, 11) is 0.936. The van der Waals surface area contributed by atoms with Gasteiger partial charge in [-0.2, -0.15) is 4.31 Å². The molecule has 0 saturated heterocycles. The molecule has 0 radical (unpaired) electrons. The zero-order valence-electron chi connectivity index (χ0n) is 13.8. The lowest BCUT2D eigenvalue weighted by Crippen LogP contribution is -2.38. The van der Waals surface area contributed by atoms with Crippen LogP contribution >= 0.6 is 0 Å². The third kappa shape index (κ3) is 3.67. The summed E-state index contributed by atoms with van der Waals surface area (Å²) < 4.78 is 32.3. The SMILES string of the molecule is CNC(=O)c1cc(S(=O)(=O)N(C)C2CCCCC2)ccc1OC. The Labute approximate surface area is 137 Å². The van der Waals surface area contributed by atoms with E-state index in [-0.39, 0.29) is 22.4 Å². The van der Waals surface area contributed by atoms with Gasteiger partial charge in [-0.1, -0.05) is 19.3 Å². The fourth-order valence-electron chi connectivity index (χ4n) is 2.97. The number of nitrogens with zero attached hydrogens (tertiary/aromatic N) is 1. The Bertz CT molecular complexity index is 667. The summed E-state index contributed by atoms with van der Waals surface area (Å²) in [5.74, 6) is -0.0251. The lowest BCUT2D eigenvalue weighted by molar-refractivity contribution is 0.0960. The highest BCUT2D eigenvalue weighted by Crippen LogP contribution is 2.28. The summed E-state index contributed by atoms with van der Waals surface area (Å²) in [4.78, 5) is 12.1. The average molecular weight is 340 g/mol. The summed E-state index contributed by atoms with van der Waals surface area (Å²) in [5.41, 5.74) is 0.216. The first-order valence-corrected chi connectivity index (χ1v) is 9.24. The van der Waals surface area contributed by atoms with Gasteiger partial charge in [0.15, 0.2) is 0 Å². The van der Waals surface area contributed by atoms with Crippen LogP contribution in [0.15, 0.2) is 23.1 Å². The Hall–Kier alpha value is -1.60. The van der Waals surface area contributed by atoms with Gasteiger partial charge in [-0.25, -0.2) is 8.42 Å². The van der Waals surface area contributed by atoms with Gasteiger partial charge in [0, 0.05) is 20.1 Å². The van der Waals surface area contributed by atoms with Gasteiger partial charge >= 0.3 is 0 Å². The van der Waals surface area contributed by atoms with Crippen molar-refractivity contribution >= 4 is 15.9 Å². The zero-order chi connectivity index (χ0) is 17.0. The molecule has 1 aliphatic carbocycles. The van der Waals surface area contributed by atoms with E-state index >= 15 is 0 Å². The first-order chi connectivity index (χ1) is 10.9. The molecule has 0 aromatic heterocycles. The summed E-state index contributed by atoms with van der Waals surface area (Å²) in [6, 6.07) is 4.41. The molecule has 0 atom stereocenters. The van der Waals surface area contributed by atoms with Crippen LogP contribution in [0.2, 0.25) is 0 Å². The number of nitrogens with one attached hydrogen (secondary N) is 1. The van der Waals surface area contributed by atoms with Crippen molar-refractivity contribution in [2.75, 3.05) is 21.2 Å². The standard InChI is InChI=1S/C16H24N2O4S/c1-17-16(19)14-11-13(9-10-15(14)22-3)23(20,21)18(2)12-7-5-4-6-8-12/h9-12H,4-8H2,1-3H3,(H,17,19). The number of rotatable bonds is 5. The van der Waals surface area contributed by atoms with Crippen LogP contribution in [0.4, 0.5) is 0 Å². The molecule has 23 heavy (non-hydrogen) atoms. The Morgan fingerprint density at radius 2 is 1.91 bits per heavy atom. The average Bonchev–Trinajstić information content (AvgIpc) is 2.60. The van der Waals surface area contributed by atoms with E-state index < -0.39 is 10.0 Å². The number of hydrogen-bond donors (Lipinski definition) is 1. The molecule has 6 nitrogen and oxygen atoms in total. The number of hydrogen-bond acceptors (Lipinski definition) is 4. The second kappa shape index (κ2) is 7.31. The van der Waals surface area contributed by atoms with Crippen molar-refractivity contribution in [3.8, 4) is 5.75 Å². The van der Waals surface area contributed by atoms with Crippen LogP contribution in [0.1, 0.15) is 42.5 Å². The van der Waals surface area contributed by atoms with Gasteiger partial charge in [0.1, 0.15) is 5.75 Å². The van der Waals surface area contributed by atoms with E-state index in [0.29, 0.717) is 5.75 Å². The van der Waals surface area contributed by atoms with Crippen LogP contribution in [-0.4, -0.2) is 45.9 Å². The number of sulfonamides is 1. The molecule has 1 aliphatic rings. The van der Waals surface area contributed by atoms with Gasteiger partial charge in [0.25, 0.3) is 5.91 Å². The molecular formula is C16H24N2O4S. The number of methoxy groups -OCH3 is 1. The van der Waals surface area contributed by atoms with Crippen LogP contribution in [-0.2, 0) is 10.0 Å². The van der Waals surface area contributed by atoms with Gasteiger partial charge in [-0.15, -0.1) is 0 Å². The molecule has 1 fully saturated rings. The van der Waals surface area contributed by atoms with Crippen molar-refractivity contribution in [2.24, 2.45) is 0 Å². The maximum atomic E-state index is 12.8. The molecule has 1 aromatic rings. The second-order valence-corrected chi connectivity index (χ2v) is 7.75. The quantitative estimate of drug-likeness (QED) is 0.889. The zero-order valence-corrected chi connectivity index (χ0v) is 14.6. The van der Waals surface area contributed by atoms with Crippen molar-refractivity contribution < 1.29 is 17.9 Å². The fraction of sp³-hybridized carbons (Fsp3) is 0.562. The molecule has 2 rings (SSSR count). The largest absolute Gasteiger partial charge is 0.496 e. The molecule has 0 unspecified atom stereocenters. The van der Waals surface area contributed by atoms with Gasteiger partial charge in [0.2, 0.25) is 10.0 Å². The third-order valence-electron chi connectivity index (χ3n) is 4.41. The molecular weight excluding hydrogens is 316 g/mol. The van der Waals surface area contributed by atoms with Gasteiger partial charge in [-0.05, 0) is 31.0 Å². The number of carbonyl (C=O) groups is 1. The lowest BCUT2D eigenvalue weighted by Gasteiger charge is -2.30. The van der Waals surface area contributed by atoms with E-state index in [1.807, 2.05) is 0 Å². The van der Waals surface area contributed by atoms with Crippen LogP contribution in [0.3, 0.4) is 0 Å². The van der Waals surface area contributed by atoms with Crippen molar-refractivity contribution in [2.45, 2.75) is 43.0 Å². The summed E-state index contributed by atoms with van der Waals surface area (Å²) in [5, 5.41) is 2.50. The minimum atomic E-state index is -3.63. The predicted octanol–water partition coefficient (Wildman–Crippen LogP) is 2.01. The van der Waals surface area contributed by atoms with Crippen LogP contribution in [0.5, 0.6) is 5.75 Å². The molecule has 0 spiro atoms. The van der Waals surface area contributed by atoms with E-state index in [2.05, 4.69) is 5.32 Å². The number of ether oxygens (including phenoxy) is 1. The van der Waals surface area contributed by atoms with Crippen LogP contribution in [0.25, 0.3) is 0 Å². The van der Waals surface area contributed by atoms with Gasteiger partial charge in [-0.3, -0.25) is 4.79 Å². The van der Waals surface area contributed by atoms with E-state index in [1.54, 1.807) is 7.05 Å². The topological polar surface area (TPSA) is 75.7 Å². The second-order valence-electron chi connectivity index (χ2n) is 5.75. The number of carbonyl (C=O) groups excluding carboxylic acids is 1. The fourth-order valence-corrected chi connectivity index (χ4v) is 4.41. The smallest absolute Gasteiger partial charge is 0.254 e. The number of benzene rings is 1. The highest BCUT2D eigenvalue weighted by Gasteiger charge is 2.30. The lowest BCUT2D eigenvalue weighted by atomic mass is 9.96. The monoisotopic (exact) mass is 340 g/mol. The van der Waals surface area contributed by atoms with E-state index in [1.165, 1.54) is 36.7 Å². The summed E-state index contributed by atoms with van der Waals surface area (Å²) in [6.07, 6.45) is 5.03. The Morgan fingerprint density at radius 1 is 1.26 bits per heavy atom. The normalized spacial score (nSPS) is 16.3. The molecule has 128 valence electrons.